The van der Waals surface area contributed by atoms with Crippen LogP contribution >= 0.6 is 0 Å². The third-order valence-corrected chi connectivity index (χ3v) is 2.60. The lowest BCUT2D eigenvalue weighted by Crippen LogP contribution is -2.00. The molecular weight excluding hydrogens is 206 g/mol. The Bertz CT molecular complexity index is 377. The van der Waals surface area contributed by atoms with Crippen molar-refractivity contribution in [2.24, 2.45) is 5.92 Å². The van der Waals surface area contributed by atoms with E-state index in [1.165, 1.54) is 12.1 Å². The van der Waals surface area contributed by atoms with Gasteiger partial charge in [-0.05, 0) is 24.0 Å². The molecule has 1 atom stereocenters. The quantitative estimate of drug-likeness (QED) is 0.615. The van der Waals surface area contributed by atoms with Gasteiger partial charge in [-0.2, -0.15) is 0 Å². The summed E-state index contributed by atoms with van der Waals surface area (Å²) in [5.74, 6) is 0.242. The number of phenolic OH excluding ortho intramolecular Hbond substituents is 1. The second-order valence-electron chi connectivity index (χ2n) is 4.18. The molecular formula is C12H17NO3. The van der Waals surface area contributed by atoms with E-state index in [0.717, 1.165) is 24.8 Å². The molecule has 4 nitrogen and oxygen atoms in total. The Balaban J connectivity index is 2.82. The molecule has 4 heteroatoms. The third-order valence-electron chi connectivity index (χ3n) is 2.60. The Labute approximate surface area is 95.1 Å². The minimum absolute atomic E-state index is 0.207. The third kappa shape index (κ3) is 3.22. The molecule has 0 aliphatic rings. The van der Waals surface area contributed by atoms with Gasteiger partial charge in [0.15, 0.2) is 5.75 Å². The molecule has 1 rings (SSSR count). The Morgan fingerprint density at radius 1 is 1.50 bits per heavy atom. The minimum atomic E-state index is -0.552. The Kier molecular flexibility index (Phi) is 4.28. The number of nitro groups is 1. The molecule has 0 saturated heterocycles. The molecule has 0 amide bonds. The van der Waals surface area contributed by atoms with Gasteiger partial charge in [0.05, 0.1) is 4.92 Å². The van der Waals surface area contributed by atoms with E-state index < -0.39 is 4.92 Å². The van der Waals surface area contributed by atoms with Crippen LogP contribution in [0.5, 0.6) is 5.75 Å². The van der Waals surface area contributed by atoms with Gasteiger partial charge in [-0.15, -0.1) is 0 Å². The van der Waals surface area contributed by atoms with E-state index in [0.29, 0.717) is 5.92 Å². The molecule has 1 N–H and O–H groups in total. The summed E-state index contributed by atoms with van der Waals surface area (Å²) in [6.07, 6.45) is 3.03. The van der Waals surface area contributed by atoms with E-state index in [9.17, 15) is 15.2 Å². The number of hydrogen-bond donors (Lipinski definition) is 1. The highest BCUT2D eigenvalue weighted by molar-refractivity contribution is 5.47. The van der Waals surface area contributed by atoms with Gasteiger partial charge < -0.3 is 5.11 Å². The summed E-state index contributed by atoms with van der Waals surface area (Å²) in [6.45, 7) is 4.25. The summed E-state index contributed by atoms with van der Waals surface area (Å²) in [6, 6.07) is 4.60. The summed E-state index contributed by atoms with van der Waals surface area (Å²) in [7, 11) is 0. The first-order valence-electron chi connectivity index (χ1n) is 5.50. The monoisotopic (exact) mass is 223 g/mol. The fraction of sp³-hybridized carbons (Fsp3) is 0.500. The van der Waals surface area contributed by atoms with Crippen molar-refractivity contribution in [1.29, 1.82) is 0 Å². The number of phenols is 1. The first-order valence-corrected chi connectivity index (χ1v) is 5.50. The number of benzene rings is 1. The zero-order valence-corrected chi connectivity index (χ0v) is 9.64. The predicted octanol–water partition coefficient (Wildman–Crippen LogP) is 3.28. The number of nitro benzene ring substituents is 1. The maximum Gasteiger partial charge on any atom is 0.310 e. The minimum Gasteiger partial charge on any atom is -0.502 e. The van der Waals surface area contributed by atoms with Crippen molar-refractivity contribution in [3.05, 3.63) is 33.9 Å². The lowest BCUT2D eigenvalue weighted by atomic mass is 9.96. The van der Waals surface area contributed by atoms with Gasteiger partial charge in [-0.1, -0.05) is 32.8 Å². The van der Waals surface area contributed by atoms with E-state index in [2.05, 4.69) is 13.8 Å². The zero-order chi connectivity index (χ0) is 12.1. The summed E-state index contributed by atoms with van der Waals surface area (Å²) >= 11 is 0. The Hall–Kier alpha value is -1.58. The maximum atomic E-state index is 10.6. The fourth-order valence-corrected chi connectivity index (χ4v) is 1.84. The number of rotatable bonds is 5. The normalized spacial score (nSPS) is 12.4. The Morgan fingerprint density at radius 3 is 2.75 bits per heavy atom. The zero-order valence-electron chi connectivity index (χ0n) is 9.64. The number of nitrogens with zero attached hydrogens (tertiary/aromatic N) is 1. The first-order chi connectivity index (χ1) is 7.54. The van der Waals surface area contributed by atoms with Crippen LogP contribution in [-0.2, 0) is 6.42 Å². The van der Waals surface area contributed by atoms with Gasteiger partial charge in [0.25, 0.3) is 0 Å². The van der Waals surface area contributed by atoms with E-state index in [1.54, 1.807) is 6.07 Å². The van der Waals surface area contributed by atoms with Gasteiger partial charge in [0, 0.05) is 6.07 Å². The van der Waals surface area contributed by atoms with Crippen LogP contribution in [0.1, 0.15) is 32.3 Å². The fourth-order valence-electron chi connectivity index (χ4n) is 1.84. The molecule has 0 unspecified atom stereocenters. The van der Waals surface area contributed by atoms with Crippen LogP contribution in [0.25, 0.3) is 0 Å². The smallest absolute Gasteiger partial charge is 0.310 e. The van der Waals surface area contributed by atoms with E-state index in [4.69, 9.17) is 0 Å². The van der Waals surface area contributed by atoms with Crippen molar-refractivity contribution in [3.8, 4) is 5.75 Å². The van der Waals surface area contributed by atoms with Crippen LogP contribution in [0, 0.1) is 16.0 Å². The lowest BCUT2D eigenvalue weighted by Gasteiger charge is -2.09. The van der Waals surface area contributed by atoms with E-state index >= 15 is 0 Å². The Morgan fingerprint density at radius 2 is 2.19 bits per heavy atom. The number of aromatic hydroxyl groups is 1. The molecule has 16 heavy (non-hydrogen) atoms. The van der Waals surface area contributed by atoms with E-state index in [1.807, 2.05) is 0 Å². The van der Waals surface area contributed by atoms with Crippen molar-refractivity contribution < 1.29 is 10.0 Å². The molecule has 0 saturated carbocycles. The van der Waals surface area contributed by atoms with Gasteiger partial charge >= 0.3 is 5.69 Å². The average molecular weight is 223 g/mol. The highest BCUT2D eigenvalue weighted by atomic mass is 16.6. The van der Waals surface area contributed by atoms with Gasteiger partial charge in [-0.3, -0.25) is 10.1 Å². The average Bonchev–Trinajstić information content (AvgIpc) is 2.21. The molecule has 0 radical (unpaired) electrons. The number of hydrogen-bond acceptors (Lipinski definition) is 3. The molecule has 0 fully saturated rings. The predicted molar refractivity (Wildman–Crippen MR) is 62.5 cm³/mol. The van der Waals surface area contributed by atoms with Crippen molar-refractivity contribution in [3.63, 3.8) is 0 Å². The van der Waals surface area contributed by atoms with Crippen LogP contribution in [0.2, 0.25) is 0 Å². The highest BCUT2D eigenvalue weighted by Gasteiger charge is 2.14. The van der Waals surface area contributed by atoms with Gasteiger partial charge in [0.1, 0.15) is 0 Å². The second kappa shape index (κ2) is 5.49. The van der Waals surface area contributed by atoms with Crippen LogP contribution in [0.15, 0.2) is 18.2 Å². The molecule has 0 spiro atoms. The van der Waals surface area contributed by atoms with Crippen LogP contribution < -0.4 is 0 Å². The van der Waals surface area contributed by atoms with Crippen molar-refractivity contribution in [1.82, 2.24) is 0 Å². The maximum absolute atomic E-state index is 10.6. The molecule has 0 bridgehead atoms. The first kappa shape index (κ1) is 12.5. The molecule has 1 aromatic rings. The molecule has 1 aromatic carbocycles. The molecule has 0 aliphatic heterocycles. The standard InChI is InChI=1S/C12H17NO3/c1-3-4-9(2)7-10-5-6-12(14)11(8-10)13(15)16/h5-6,8-9,14H,3-4,7H2,1-2H3/t9-/m1/s1. The van der Waals surface area contributed by atoms with Gasteiger partial charge in [0.2, 0.25) is 0 Å². The van der Waals surface area contributed by atoms with Crippen LogP contribution in [-0.4, -0.2) is 10.0 Å². The van der Waals surface area contributed by atoms with Crippen LogP contribution in [0.4, 0.5) is 5.69 Å². The van der Waals surface area contributed by atoms with Crippen molar-refractivity contribution in [2.75, 3.05) is 0 Å². The van der Waals surface area contributed by atoms with Crippen molar-refractivity contribution >= 4 is 5.69 Å². The molecule has 88 valence electrons. The molecule has 0 aromatic heterocycles. The summed E-state index contributed by atoms with van der Waals surface area (Å²) in [5.41, 5.74) is 0.701. The SMILES string of the molecule is CCC[C@@H](C)Cc1ccc(O)c([N+](=O)[O-])c1. The van der Waals surface area contributed by atoms with Gasteiger partial charge in [-0.25, -0.2) is 0 Å². The highest BCUT2D eigenvalue weighted by Crippen LogP contribution is 2.27. The van der Waals surface area contributed by atoms with Crippen molar-refractivity contribution in [2.45, 2.75) is 33.1 Å². The summed E-state index contributed by atoms with van der Waals surface area (Å²) < 4.78 is 0. The molecule has 0 heterocycles. The largest absolute Gasteiger partial charge is 0.502 e. The molecule has 0 aliphatic carbocycles. The van der Waals surface area contributed by atoms with E-state index in [-0.39, 0.29) is 11.4 Å². The lowest BCUT2D eigenvalue weighted by molar-refractivity contribution is -0.385. The topological polar surface area (TPSA) is 63.4 Å². The van der Waals surface area contributed by atoms with Crippen LogP contribution in [0.3, 0.4) is 0 Å². The summed E-state index contributed by atoms with van der Waals surface area (Å²) in [5, 5.41) is 19.9. The second-order valence-corrected chi connectivity index (χ2v) is 4.18. The summed E-state index contributed by atoms with van der Waals surface area (Å²) in [4.78, 5) is 10.1.